The molecule has 0 rings (SSSR count). The molecular formula is C16H31F6N2ORf3-. The molecule has 0 amide bonds. The van der Waals surface area contributed by atoms with E-state index in [9.17, 15) is 26.3 Å². The number of hydrogen-bond donors (Lipinski definition) is 0. The van der Waals surface area contributed by atoms with Gasteiger partial charge in [-0.2, -0.15) is 26.3 Å². The van der Waals surface area contributed by atoms with Crippen molar-refractivity contribution in [1.29, 1.82) is 0 Å². The number of carbonyl (C=O) groups is 1. The Morgan fingerprint density at radius 1 is 0.893 bits per heavy atom. The van der Waals surface area contributed by atoms with Gasteiger partial charge in [0.05, 0.1) is 28.2 Å². The Bertz CT molecular complexity index is 295. The largest absolute Gasteiger partial charge is 0.466 e. The summed E-state index contributed by atoms with van der Waals surface area (Å²) in [4.78, 5) is 7.07. The molecule has 0 spiro atoms. The van der Waals surface area contributed by atoms with Crippen molar-refractivity contribution in [3.05, 3.63) is 39.2 Å². The van der Waals surface area contributed by atoms with Crippen LogP contribution in [0.3, 0.4) is 0 Å². The van der Waals surface area contributed by atoms with Gasteiger partial charge in [-0.05, 0) is 12.7 Å². The molecule has 0 aromatic carbocycles. The number of nitrogens with zero attached hydrogens (tertiary/aromatic N) is 2. The number of halogens is 6. The second-order valence-corrected chi connectivity index (χ2v) is 5.33. The third kappa shape index (κ3) is 126. The van der Waals surface area contributed by atoms with Gasteiger partial charge < -0.3 is 16.2 Å². The molecule has 0 radical (unpaired) electrons. The molecule has 0 atom stereocenters. The molecule has 0 unspecified atom stereocenters. The monoisotopic (exact) mass is 1180 g/mol. The van der Waals surface area contributed by atoms with Crippen molar-refractivity contribution in [3.8, 4) is 0 Å². The summed E-state index contributed by atoms with van der Waals surface area (Å²) in [6, 6.07) is 0. The first-order valence-electron chi connectivity index (χ1n) is 6.80. The quantitative estimate of drug-likeness (QED) is 0.0933. The van der Waals surface area contributed by atoms with E-state index in [-0.39, 0.29) is 7.05 Å². The van der Waals surface area contributed by atoms with Crippen LogP contribution in [0, 0.1) is 13.8 Å². The van der Waals surface area contributed by atoms with Gasteiger partial charge in [-0.25, -0.2) is 19.6 Å². The molecule has 12 heteroatoms. The number of allylic oxidation sites excluding steroid dienone is 2. The smallest absolute Gasteiger partial charge is 0.343 e. The third-order valence-corrected chi connectivity index (χ3v) is 1.05. The molecule has 0 heterocycles. The topological polar surface area (TPSA) is 20.3 Å². The molecule has 28 heavy (non-hydrogen) atoms. The zero-order valence-electron chi connectivity index (χ0n) is 18.0. The summed E-state index contributed by atoms with van der Waals surface area (Å²) >= 11 is 0. The SMILES string of the molecule is C=CCC.C=C[CH2-].CN(C(F)(F)F)C(F)(F)F.C[N+](C)(C)C.[CH2-]C=O.[Rf].[Rf].[Rf]. The predicted molar refractivity (Wildman–Crippen MR) is 91.3 cm³/mol. The summed E-state index contributed by atoms with van der Waals surface area (Å²) in [5.74, 6) is 0. The minimum atomic E-state index is -5.35. The molecule has 0 bridgehead atoms. The first kappa shape index (κ1) is 49.5. The van der Waals surface area contributed by atoms with Crippen LogP contribution in [0.15, 0.2) is 25.3 Å². The summed E-state index contributed by atoms with van der Waals surface area (Å²) in [7, 11) is 8.42. The standard InChI is InChI=1S/C4H12N.C4H8.C3H3F6N.C3H5.C2H3O.3Rf/c1-5(2,3)4;1-3-4-2;1-10(2(4,5)6)3(7,8)9;1-3-2;1-2-3;;;/h1-4H3;3H,1,4H2,2H3;1H3;3H,1-2H2;2H,1H2;;;/q+1;;;2*-1;;;. The van der Waals surface area contributed by atoms with E-state index in [1.807, 2.05) is 6.08 Å². The zero-order chi connectivity index (χ0) is 21.9. The normalized spacial score (nSPS) is 9.04. The van der Waals surface area contributed by atoms with E-state index in [1.165, 1.54) is 6.08 Å². The molecule has 0 fully saturated rings. The zero-order valence-corrected chi connectivity index (χ0v) is 37.2. The minimum Gasteiger partial charge on any atom is -0.343 e. The second-order valence-electron chi connectivity index (χ2n) is 5.33. The molecule has 0 saturated carbocycles. The molecule has 0 aromatic heterocycles. The molecule has 0 N–H and O–H groups in total. The summed E-state index contributed by atoms with van der Waals surface area (Å²) < 4.78 is 67.9. The number of quaternary nitrogens is 1. The van der Waals surface area contributed by atoms with Crippen LogP contribution in [0.25, 0.3) is 0 Å². The molecule has 0 aliphatic heterocycles. The van der Waals surface area contributed by atoms with Crippen molar-refractivity contribution in [2.45, 2.75) is 25.9 Å². The summed E-state index contributed by atoms with van der Waals surface area (Å²) in [6.07, 6.45) is -5.74. The fourth-order valence-electron chi connectivity index (χ4n) is 0.144. The fourth-order valence-corrected chi connectivity index (χ4v) is 0.144. The molecule has 160 valence electrons. The van der Waals surface area contributed by atoms with E-state index in [2.05, 4.69) is 62.1 Å². The summed E-state index contributed by atoms with van der Waals surface area (Å²) in [6.45, 7) is 14.8. The van der Waals surface area contributed by atoms with Gasteiger partial charge in [-0.3, -0.25) is 0 Å². The van der Waals surface area contributed by atoms with Gasteiger partial charge in [0.15, 0.2) is 0 Å². The maximum absolute atomic E-state index is 11.2. The number of hydrogen-bond acceptors (Lipinski definition) is 2. The van der Waals surface area contributed by atoms with Crippen LogP contribution in [0.5, 0.6) is 0 Å². The van der Waals surface area contributed by atoms with E-state index in [0.717, 1.165) is 10.9 Å². The Labute approximate surface area is 148 Å². The maximum Gasteiger partial charge on any atom is 0.466 e. The van der Waals surface area contributed by atoms with Gasteiger partial charge >= 0.3 is 12.6 Å². The minimum absolute atomic E-state index is 0. The number of alkyl halides is 6. The Morgan fingerprint density at radius 2 is 1.00 bits per heavy atom. The van der Waals surface area contributed by atoms with E-state index in [1.54, 1.807) is 0 Å². The van der Waals surface area contributed by atoms with Crippen LogP contribution in [-0.4, -0.2) is 63.5 Å². The molecule has 0 saturated heterocycles. The van der Waals surface area contributed by atoms with E-state index < -0.39 is 17.5 Å². The van der Waals surface area contributed by atoms with E-state index in [4.69, 9.17) is 4.79 Å². The second kappa shape index (κ2) is 24.6. The fraction of sp³-hybridized carbons (Fsp3) is 0.562. The summed E-state index contributed by atoms with van der Waals surface area (Å²) in [5.41, 5.74) is 0. The van der Waals surface area contributed by atoms with Gasteiger partial charge in [-0.15, -0.1) is 11.5 Å². The van der Waals surface area contributed by atoms with Crippen LogP contribution in [0.4, 0.5) is 26.3 Å². The van der Waals surface area contributed by atoms with E-state index >= 15 is 0 Å². The van der Waals surface area contributed by atoms with Crippen molar-refractivity contribution in [2.75, 3.05) is 35.2 Å². The third-order valence-electron chi connectivity index (χ3n) is 1.05. The Balaban J connectivity index is -0.0000000320. The Hall–Kier alpha value is -4.61. The van der Waals surface area contributed by atoms with Crippen LogP contribution in [0.2, 0.25) is 0 Å². The molecule has 0 aliphatic carbocycles. The average Bonchev–Trinajstić information content (AvgIpc) is 2.36. The number of aldehydes is 1. The maximum atomic E-state index is 11.2. The summed E-state index contributed by atoms with van der Waals surface area (Å²) in [5, 5.41) is 0. The average molecular weight is 1180 g/mol. The molecule has 0 aliphatic rings. The van der Waals surface area contributed by atoms with Gasteiger partial charge in [0, 0.05) is 7.05 Å². The number of carbonyl (C=O) groups excluding carboxylic acids is 1. The molecular weight excluding hydrogens is 1150 g/mol. The van der Waals surface area contributed by atoms with Crippen LogP contribution in [0.1, 0.15) is 13.3 Å². The van der Waals surface area contributed by atoms with Gasteiger partial charge in [0.2, 0.25) is 0 Å². The van der Waals surface area contributed by atoms with Crippen molar-refractivity contribution >= 4 is 6.29 Å². The van der Waals surface area contributed by atoms with Gasteiger partial charge in [0.1, 0.15) is 0 Å². The van der Waals surface area contributed by atoms with Crippen LogP contribution < -0.4 is 0 Å². The predicted octanol–water partition coefficient (Wildman–Crippen LogP) is 4.89. The van der Waals surface area contributed by atoms with Gasteiger partial charge in [-0.1, -0.05) is 13.0 Å². The van der Waals surface area contributed by atoms with E-state index in [0.29, 0.717) is 6.29 Å². The Morgan fingerprint density at radius 3 is 1.00 bits per heavy atom. The van der Waals surface area contributed by atoms with Crippen LogP contribution >= 0.6 is 0 Å². The van der Waals surface area contributed by atoms with Crippen molar-refractivity contribution in [3.63, 3.8) is 0 Å². The van der Waals surface area contributed by atoms with Crippen molar-refractivity contribution < 1.29 is 35.6 Å². The first-order chi connectivity index (χ1) is 10.9. The van der Waals surface area contributed by atoms with Crippen LogP contribution in [-0.2, 0) is 4.79 Å². The first-order valence-corrected chi connectivity index (χ1v) is 6.80. The number of rotatable bonds is 1. The van der Waals surface area contributed by atoms with Gasteiger partial charge in [0.25, 0.3) is 0 Å². The van der Waals surface area contributed by atoms with Crippen molar-refractivity contribution in [2.24, 2.45) is 0 Å². The van der Waals surface area contributed by atoms with Crippen molar-refractivity contribution in [1.82, 2.24) is 4.90 Å². The molecule has 0 aromatic rings. The molecule has 3 nitrogen and oxygen atoms in total. The Kier molecular flexibility index (Phi) is 43.6.